The molecule has 8 nitrogen and oxygen atoms in total. The lowest BCUT2D eigenvalue weighted by atomic mass is 9.69. The van der Waals surface area contributed by atoms with Crippen LogP contribution in [0.25, 0.3) is 5.82 Å². The molecule has 1 aliphatic carbocycles. The summed E-state index contributed by atoms with van der Waals surface area (Å²) in [6.45, 7) is 11.2. The number of allylic oxidation sites excluding steroid dienone is 1. The largest absolute Gasteiger partial charge is 0.490 e. The summed E-state index contributed by atoms with van der Waals surface area (Å²) in [5.74, 6) is 0.0950. The lowest BCUT2D eigenvalue weighted by Crippen LogP contribution is -2.57. The number of amides is 1. The molecular formula is C25H32BFN4O4. The van der Waals surface area contributed by atoms with Gasteiger partial charge < -0.3 is 18.9 Å². The van der Waals surface area contributed by atoms with E-state index < -0.39 is 22.6 Å². The highest BCUT2D eigenvalue weighted by Gasteiger charge is 2.54. The van der Waals surface area contributed by atoms with Crippen molar-refractivity contribution in [1.29, 1.82) is 0 Å². The Morgan fingerprint density at radius 2 is 1.89 bits per heavy atom. The van der Waals surface area contributed by atoms with Crippen molar-refractivity contribution in [3.8, 4) is 5.82 Å². The first-order valence-electron chi connectivity index (χ1n) is 12.2. The van der Waals surface area contributed by atoms with Gasteiger partial charge in [-0.3, -0.25) is 4.79 Å². The van der Waals surface area contributed by atoms with Gasteiger partial charge in [0.25, 0.3) is 5.91 Å². The molecule has 10 heteroatoms. The maximum absolute atomic E-state index is 13.7. The van der Waals surface area contributed by atoms with E-state index in [1.807, 2.05) is 45.6 Å². The number of pyridine rings is 1. The van der Waals surface area contributed by atoms with E-state index in [0.29, 0.717) is 38.2 Å². The predicted octanol–water partition coefficient (Wildman–Crippen LogP) is 3.81. The van der Waals surface area contributed by atoms with Crippen molar-refractivity contribution in [2.45, 2.75) is 76.7 Å². The molecule has 0 bridgehead atoms. The highest BCUT2D eigenvalue weighted by molar-refractivity contribution is 6.54. The molecule has 1 amide bonds. The summed E-state index contributed by atoms with van der Waals surface area (Å²) in [4.78, 5) is 20.0. The van der Waals surface area contributed by atoms with E-state index in [9.17, 15) is 9.18 Å². The molecule has 2 atom stereocenters. The maximum atomic E-state index is 13.7. The van der Waals surface area contributed by atoms with Crippen molar-refractivity contribution in [1.82, 2.24) is 19.7 Å². The number of ether oxygens (including phenoxy) is 1. The Morgan fingerprint density at radius 3 is 2.46 bits per heavy atom. The molecule has 4 heterocycles. The third-order valence-electron chi connectivity index (χ3n) is 7.94. The molecule has 2 saturated heterocycles. The highest BCUT2D eigenvalue weighted by Crippen LogP contribution is 2.43. The number of morpholine rings is 1. The van der Waals surface area contributed by atoms with Crippen LogP contribution in [-0.2, 0) is 18.8 Å². The van der Waals surface area contributed by atoms with E-state index in [2.05, 4.69) is 16.2 Å². The van der Waals surface area contributed by atoms with E-state index in [0.717, 1.165) is 17.2 Å². The minimum atomic E-state index is -0.862. The third kappa shape index (κ3) is 4.21. The first-order valence-corrected chi connectivity index (χ1v) is 12.2. The van der Waals surface area contributed by atoms with E-state index >= 15 is 0 Å². The minimum Gasteiger partial charge on any atom is -0.400 e. The molecule has 2 aromatic rings. The molecule has 2 unspecified atom stereocenters. The third-order valence-corrected chi connectivity index (χ3v) is 7.94. The van der Waals surface area contributed by atoms with Gasteiger partial charge in [-0.25, -0.2) is 14.1 Å². The van der Waals surface area contributed by atoms with Gasteiger partial charge in [-0.2, -0.15) is 5.10 Å². The smallest absolute Gasteiger partial charge is 0.400 e. The van der Waals surface area contributed by atoms with E-state index in [1.165, 1.54) is 10.9 Å². The minimum absolute atomic E-state index is 0.00121. The second kappa shape index (κ2) is 8.53. The van der Waals surface area contributed by atoms with E-state index in [1.54, 1.807) is 12.3 Å². The summed E-state index contributed by atoms with van der Waals surface area (Å²) in [6.07, 6.45) is 7.96. The quantitative estimate of drug-likeness (QED) is 0.617. The molecule has 2 fully saturated rings. The average molecular weight is 482 g/mol. The summed E-state index contributed by atoms with van der Waals surface area (Å²) in [7, 11) is -0.390. The van der Waals surface area contributed by atoms with E-state index in [-0.39, 0.29) is 19.1 Å². The summed E-state index contributed by atoms with van der Waals surface area (Å²) < 4.78 is 33.2. The Hall–Kier alpha value is -2.56. The van der Waals surface area contributed by atoms with Crippen LogP contribution in [0.1, 0.15) is 65.5 Å². The molecule has 2 aromatic heterocycles. The maximum Gasteiger partial charge on any atom is 0.490 e. The average Bonchev–Trinajstić information content (AvgIpc) is 3.35. The van der Waals surface area contributed by atoms with Crippen LogP contribution in [0.5, 0.6) is 0 Å². The molecule has 186 valence electrons. The molecule has 0 saturated carbocycles. The number of hydrogen-bond donors (Lipinski definition) is 0. The Labute approximate surface area is 205 Å². The van der Waals surface area contributed by atoms with Crippen molar-refractivity contribution in [3.05, 3.63) is 53.7 Å². The van der Waals surface area contributed by atoms with Gasteiger partial charge in [0.15, 0.2) is 17.2 Å². The zero-order chi connectivity index (χ0) is 25.0. The summed E-state index contributed by atoms with van der Waals surface area (Å²) >= 11 is 0. The van der Waals surface area contributed by atoms with Crippen LogP contribution in [0.2, 0.25) is 0 Å². The highest BCUT2D eigenvalue weighted by atomic mass is 19.1. The topological polar surface area (TPSA) is 78.7 Å². The SMILES string of the molecule is CC(c1ccc(-n2cc(F)cn2)nc1)N1CCOC2(CC=C(B3OC(C)(C)C(C)(C)O3)CC2)C1=O. The van der Waals surface area contributed by atoms with Crippen LogP contribution < -0.4 is 0 Å². The second-order valence-electron chi connectivity index (χ2n) is 10.6. The number of carbonyl (C=O) groups is 1. The normalized spacial score (nSPS) is 26.8. The zero-order valence-electron chi connectivity index (χ0n) is 21.0. The molecule has 0 radical (unpaired) electrons. The molecule has 1 spiro atoms. The van der Waals surface area contributed by atoms with Crippen molar-refractivity contribution >= 4 is 13.0 Å². The van der Waals surface area contributed by atoms with Gasteiger partial charge in [0.1, 0.15) is 0 Å². The van der Waals surface area contributed by atoms with Crippen molar-refractivity contribution in [3.63, 3.8) is 0 Å². The Bertz CT molecular complexity index is 1130. The zero-order valence-corrected chi connectivity index (χ0v) is 21.0. The fourth-order valence-electron chi connectivity index (χ4n) is 4.90. The standard InChI is InChI=1S/C25H32BFN4O4/c1-17(18-6-7-21(28-14-18)31-16-20(27)15-29-31)30-12-13-33-25(22(30)32)10-8-19(9-11-25)26-34-23(2,3)24(4,5)35-26/h6-8,14-17H,9-13H2,1-5H3. The molecule has 2 aliphatic heterocycles. The Kier molecular flexibility index (Phi) is 5.89. The molecule has 3 aliphatic rings. The summed E-state index contributed by atoms with van der Waals surface area (Å²) in [5, 5.41) is 3.94. The van der Waals surface area contributed by atoms with Crippen LogP contribution in [0.3, 0.4) is 0 Å². The summed E-state index contributed by atoms with van der Waals surface area (Å²) in [5.41, 5.74) is 0.319. The molecule has 0 N–H and O–H groups in total. The Morgan fingerprint density at radius 1 is 1.14 bits per heavy atom. The number of aromatic nitrogens is 3. The van der Waals surface area contributed by atoms with Crippen LogP contribution in [-0.4, -0.2) is 62.6 Å². The predicted molar refractivity (Wildman–Crippen MR) is 128 cm³/mol. The van der Waals surface area contributed by atoms with Gasteiger partial charge in [-0.15, -0.1) is 0 Å². The van der Waals surface area contributed by atoms with Crippen molar-refractivity contribution < 1.29 is 23.2 Å². The molecule has 35 heavy (non-hydrogen) atoms. The van der Waals surface area contributed by atoms with Crippen molar-refractivity contribution in [2.75, 3.05) is 13.2 Å². The lowest BCUT2D eigenvalue weighted by Gasteiger charge is -2.45. The first-order chi connectivity index (χ1) is 16.5. The van der Waals surface area contributed by atoms with Crippen LogP contribution in [0.4, 0.5) is 4.39 Å². The van der Waals surface area contributed by atoms with Crippen LogP contribution >= 0.6 is 0 Å². The van der Waals surface area contributed by atoms with Gasteiger partial charge in [0.2, 0.25) is 0 Å². The fraction of sp³-hybridized carbons (Fsp3) is 0.560. The van der Waals surface area contributed by atoms with Gasteiger partial charge in [-0.05, 0) is 64.6 Å². The van der Waals surface area contributed by atoms with E-state index in [4.69, 9.17) is 14.0 Å². The van der Waals surface area contributed by atoms with Gasteiger partial charge >= 0.3 is 7.12 Å². The second-order valence-corrected chi connectivity index (χ2v) is 10.6. The number of nitrogens with zero attached hydrogens (tertiary/aromatic N) is 4. The number of rotatable bonds is 4. The van der Waals surface area contributed by atoms with Crippen molar-refractivity contribution in [2.24, 2.45) is 0 Å². The Balaban J connectivity index is 1.29. The number of carbonyl (C=O) groups excluding carboxylic acids is 1. The van der Waals surface area contributed by atoms with Crippen LogP contribution in [0.15, 0.2) is 42.3 Å². The van der Waals surface area contributed by atoms with Gasteiger partial charge in [0, 0.05) is 19.2 Å². The fourth-order valence-corrected chi connectivity index (χ4v) is 4.90. The molecular weight excluding hydrogens is 450 g/mol. The number of halogens is 1. The van der Waals surface area contributed by atoms with Gasteiger partial charge in [0.05, 0.1) is 36.2 Å². The monoisotopic (exact) mass is 482 g/mol. The summed E-state index contributed by atoms with van der Waals surface area (Å²) in [6, 6.07) is 3.51. The van der Waals surface area contributed by atoms with Crippen LogP contribution in [0, 0.1) is 5.82 Å². The first kappa shape index (κ1) is 24.2. The van der Waals surface area contributed by atoms with Gasteiger partial charge in [-0.1, -0.05) is 12.1 Å². The number of hydrogen-bond acceptors (Lipinski definition) is 6. The molecule has 5 rings (SSSR count). The lowest BCUT2D eigenvalue weighted by molar-refractivity contribution is -0.176. The molecule has 0 aromatic carbocycles.